The molecule has 0 saturated heterocycles. The van der Waals surface area contributed by atoms with Crippen molar-refractivity contribution in [2.75, 3.05) is 28.1 Å². The van der Waals surface area contributed by atoms with E-state index in [2.05, 4.69) is 0 Å². The average Bonchev–Trinajstić information content (AvgIpc) is 3.58. The standard InChI is InChI=1S/C27H24N2O8/c1-32-20-6-4-5-15-18-12-17(14-7-9-19-22(11-14)36-13-35-19)28-29(18)26(37-24(15)20)16-8-10-21(33-2)25(34-3)23(16)27(30)31/h4-11,18,26H,12-13H2,1-3H3,(H,30,31)/t18-,26-/m0/s1. The van der Waals surface area contributed by atoms with Gasteiger partial charge in [-0.1, -0.05) is 12.1 Å². The predicted molar refractivity (Wildman–Crippen MR) is 131 cm³/mol. The minimum absolute atomic E-state index is 0.0596. The van der Waals surface area contributed by atoms with E-state index in [1.807, 2.05) is 36.4 Å². The second-order valence-corrected chi connectivity index (χ2v) is 8.63. The molecule has 1 N–H and O–H groups in total. The minimum Gasteiger partial charge on any atom is -0.493 e. The SMILES string of the molecule is COc1cccc2c1O[C@@H](c1ccc(OC)c(OC)c1C(=O)O)N1N=C(c3ccc4c(c3)OCO4)C[C@@H]21. The summed E-state index contributed by atoms with van der Waals surface area (Å²) in [6, 6.07) is 14.5. The van der Waals surface area contributed by atoms with E-state index >= 15 is 0 Å². The molecule has 0 aromatic heterocycles. The zero-order chi connectivity index (χ0) is 25.7. The van der Waals surface area contributed by atoms with Crippen molar-refractivity contribution in [3.63, 3.8) is 0 Å². The van der Waals surface area contributed by atoms with Gasteiger partial charge >= 0.3 is 5.97 Å². The van der Waals surface area contributed by atoms with Crippen LogP contribution in [0.5, 0.6) is 34.5 Å². The van der Waals surface area contributed by atoms with Crippen molar-refractivity contribution in [2.24, 2.45) is 5.10 Å². The number of aromatic carboxylic acids is 1. The van der Waals surface area contributed by atoms with Crippen LogP contribution >= 0.6 is 0 Å². The summed E-state index contributed by atoms with van der Waals surface area (Å²) in [4.78, 5) is 12.5. The second kappa shape index (κ2) is 8.81. The van der Waals surface area contributed by atoms with Crippen LogP contribution in [-0.2, 0) is 0 Å². The number of benzene rings is 3. The molecule has 0 amide bonds. The highest BCUT2D eigenvalue weighted by atomic mass is 16.7. The third kappa shape index (κ3) is 3.55. The number of hydrogen-bond donors (Lipinski definition) is 1. The highest BCUT2D eigenvalue weighted by Gasteiger charge is 2.44. The number of methoxy groups -OCH3 is 3. The van der Waals surface area contributed by atoms with Gasteiger partial charge in [0.15, 0.2) is 34.5 Å². The van der Waals surface area contributed by atoms with Crippen LogP contribution in [0.2, 0.25) is 0 Å². The van der Waals surface area contributed by atoms with Crippen molar-refractivity contribution in [1.82, 2.24) is 5.01 Å². The molecule has 3 heterocycles. The maximum Gasteiger partial charge on any atom is 0.340 e. The number of carbonyl (C=O) groups is 1. The average molecular weight is 504 g/mol. The largest absolute Gasteiger partial charge is 0.493 e. The molecule has 3 aromatic rings. The van der Waals surface area contributed by atoms with Gasteiger partial charge in [0.05, 0.1) is 33.1 Å². The Balaban J connectivity index is 1.51. The number of carboxylic acids is 1. The molecule has 3 aliphatic rings. The Kier molecular flexibility index (Phi) is 5.44. The van der Waals surface area contributed by atoms with Gasteiger partial charge in [0.25, 0.3) is 0 Å². The molecule has 0 saturated carbocycles. The van der Waals surface area contributed by atoms with Crippen LogP contribution in [0.25, 0.3) is 0 Å². The maximum absolute atomic E-state index is 12.5. The van der Waals surface area contributed by atoms with Crippen LogP contribution < -0.4 is 28.4 Å². The van der Waals surface area contributed by atoms with E-state index in [4.69, 9.17) is 33.5 Å². The Bertz CT molecular complexity index is 1440. The molecule has 0 spiro atoms. The molecule has 0 aliphatic carbocycles. The zero-order valence-electron chi connectivity index (χ0n) is 20.4. The number of hydrogen-bond acceptors (Lipinski definition) is 9. The van der Waals surface area contributed by atoms with Gasteiger partial charge < -0.3 is 33.5 Å². The van der Waals surface area contributed by atoms with Gasteiger partial charge in [0.2, 0.25) is 13.0 Å². The summed E-state index contributed by atoms with van der Waals surface area (Å²) in [5.74, 6) is 1.69. The summed E-state index contributed by atoms with van der Waals surface area (Å²) in [7, 11) is 4.44. The van der Waals surface area contributed by atoms with E-state index in [1.165, 1.54) is 14.2 Å². The quantitative estimate of drug-likeness (QED) is 0.523. The highest BCUT2D eigenvalue weighted by molar-refractivity contribution is 6.02. The van der Waals surface area contributed by atoms with Crippen molar-refractivity contribution in [1.29, 1.82) is 0 Å². The maximum atomic E-state index is 12.5. The summed E-state index contributed by atoms with van der Waals surface area (Å²) in [6.07, 6.45) is -0.304. The molecule has 10 heteroatoms. The van der Waals surface area contributed by atoms with Crippen molar-refractivity contribution >= 4 is 11.7 Å². The van der Waals surface area contributed by atoms with Gasteiger partial charge in [0, 0.05) is 23.1 Å². The molecular formula is C27H24N2O8. The summed E-state index contributed by atoms with van der Waals surface area (Å²) in [6.45, 7) is 0.181. The fourth-order valence-electron chi connectivity index (χ4n) is 5.07. The number of nitrogens with zero attached hydrogens (tertiary/aromatic N) is 2. The number of para-hydroxylation sites is 1. The molecule has 37 heavy (non-hydrogen) atoms. The molecule has 190 valence electrons. The number of rotatable bonds is 6. The Morgan fingerprint density at radius 2 is 1.78 bits per heavy atom. The molecule has 0 radical (unpaired) electrons. The molecule has 3 aliphatic heterocycles. The lowest BCUT2D eigenvalue weighted by molar-refractivity contribution is -0.0217. The van der Waals surface area contributed by atoms with Crippen molar-refractivity contribution in [2.45, 2.75) is 18.7 Å². The highest BCUT2D eigenvalue weighted by Crippen LogP contribution is 2.52. The van der Waals surface area contributed by atoms with Crippen LogP contribution in [-0.4, -0.2) is 49.9 Å². The van der Waals surface area contributed by atoms with E-state index in [1.54, 1.807) is 24.3 Å². The molecule has 6 rings (SSSR count). The molecule has 0 bridgehead atoms. The Morgan fingerprint density at radius 1 is 0.973 bits per heavy atom. The van der Waals surface area contributed by atoms with E-state index in [-0.39, 0.29) is 24.1 Å². The molecule has 3 aromatic carbocycles. The topological polar surface area (TPSA) is 108 Å². The molecule has 2 atom stereocenters. The fourth-order valence-corrected chi connectivity index (χ4v) is 5.07. The van der Waals surface area contributed by atoms with Gasteiger partial charge in [-0.2, -0.15) is 5.10 Å². The molecular weight excluding hydrogens is 480 g/mol. The predicted octanol–water partition coefficient (Wildman–Crippen LogP) is 4.38. The van der Waals surface area contributed by atoms with Crippen LogP contribution in [0.1, 0.15) is 45.7 Å². The summed E-state index contributed by atoms with van der Waals surface area (Å²) >= 11 is 0. The Morgan fingerprint density at radius 3 is 2.54 bits per heavy atom. The zero-order valence-corrected chi connectivity index (χ0v) is 20.4. The number of hydrazone groups is 1. The Hall–Kier alpha value is -4.60. The third-order valence-electron chi connectivity index (χ3n) is 6.76. The smallest absolute Gasteiger partial charge is 0.340 e. The van der Waals surface area contributed by atoms with Crippen molar-refractivity contribution in [3.8, 4) is 34.5 Å². The fraction of sp³-hybridized carbons (Fsp3) is 0.259. The first-order chi connectivity index (χ1) is 18.0. The van der Waals surface area contributed by atoms with E-state index in [9.17, 15) is 9.90 Å². The van der Waals surface area contributed by atoms with E-state index in [0.29, 0.717) is 40.7 Å². The second-order valence-electron chi connectivity index (χ2n) is 8.63. The third-order valence-corrected chi connectivity index (χ3v) is 6.76. The van der Waals surface area contributed by atoms with Crippen molar-refractivity contribution in [3.05, 3.63) is 70.8 Å². The van der Waals surface area contributed by atoms with Crippen LogP contribution in [0.4, 0.5) is 0 Å². The number of ether oxygens (including phenoxy) is 6. The van der Waals surface area contributed by atoms with Gasteiger partial charge in [-0.15, -0.1) is 0 Å². The normalized spacial score (nSPS) is 18.9. The summed E-state index contributed by atoms with van der Waals surface area (Å²) in [5.41, 5.74) is 2.91. The lowest BCUT2D eigenvalue weighted by Gasteiger charge is -2.39. The summed E-state index contributed by atoms with van der Waals surface area (Å²) in [5, 5.41) is 16.9. The molecule has 0 unspecified atom stereocenters. The lowest BCUT2D eigenvalue weighted by Crippen LogP contribution is -2.35. The van der Waals surface area contributed by atoms with Gasteiger partial charge in [0.1, 0.15) is 5.56 Å². The van der Waals surface area contributed by atoms with E-state index < -0.39 is 12.2 Å². The van der Waals surface area contributed by atoms with Gasteiger partial charge in [-0.25, -0.2) is 9.80 Å². The monoisotopic (exact) mass is 504 g/mol. The number of carboxylic acid groups (broad SMARTS) is 1. The number of fused-ring (bicyclic) bond motifs is 4. The van der Waals surface area contributed by atoms with Crippen LogP contribution in [0.3, 0.4) is 0 Å². The summed E-state index contributed by atoms with van der Waals surface area (Å²) < 4.78 is 33.9. The first-order valence-electron chi connectivity index (χ1n) is 11.6. The van der Waals surface area contributed by atoms with Crippen LogP contribution in [0, 0.1) is 0 Å². The Labute approximate surface area is 212 Å². The lowest BCUT2D eigenvalue weighted by atomic mass is 9.94. The molecule has 10 nitrogen and oxygen atoms in total. The minimum atomic E-state index is -1.17. The first-order valence-corrected chi connectivity index (χ1v) is 11.6. The van der Waals surface area contributed by atoms with Gasteiger partial charge in [-0.05, 0) is 36.4 Å². The van der Waals surface area contributed by atoms with Gasteiger partial charge in [-0.3, -0.25) is 0 Å². The molecule has 0 fully saturated rings. The van der Waals surface area contributed by atoms with E-state index in [0.717, 1.165) is 16.8 Å². The first kappa shape index (κ1) is 22.8. The van der Waals surface area contributed by atoms with Crippen molar-refractivity contribution < 1.29 is 38.3 Å². The van der Waals surface area contributed by atoms with Crippen LogP contribution in [0.15, 0.2) is 53.6 Å².